The van der Waals surface area contributed by atoms with Crippen LogP contribution in [0.2, 0.25) is 0 Å². The van der Waals surface area contributed by atoms with Gasteiger partial charge in [0.05, 0.1) is 0 Å². The molecule has 2 aliphatic heterocycles. The smallest absolute Gasteiger partial charge is 0.246 e. The monoisotopic (exact) mass is 360 g/mol. The van der Waals surface area contributed by atoms with Crippen LogP contribution in [0.15, 0.2) is 48.5 Å². The first-order chi connectivity index (χ1) is 13.3. The number of carbonyl (C=O) groups is 1. The van der Waals surface area contributed by atoms with E-state index in [-0.39, 0.29) is 5.91 Å². The number of aromatic nitrogens is 1. The number of ether oxygens (including phenoxy) is 2. The van der Waals surface area contributed by atoms with E-state index >= 15 is 0 Å². The summed E-state index contributed by atoms with van der Waals surface area (Å²) in [6.45, 7) is 2.50. The number of benzene rings is 2. The van der Waals surface area contributed by atoms with Gasteiger partial charge in [0.1, 0.15) is 13.2 Å². The molecule has 5 nitrogen and oxygen atoms in total. The molecule has 0 aliphatic carbocycles. The van der Waals surface area contributed by atoms with Crippen molar-refractivity contribution in [2.75, 3.05) is 19.8 Å². The molecule has 3 aromatic rings. The number of fused-ring (bicyclic) bond motifs is 4. The van der Waals surface area contributed by atoms with E-state index in [1.807, 2.05) is 41.3 Å². The van der Waals surface area contributed by atoms with Gasteiger partial charge < -0.3 is 19.4 Å². The van der Waals surface area contributed by atoms with Gasteiger partial charge in [-0.05, 0) is 29.8 Å². The molecule has 0 saturated heterocycles. The molecule has 136 valence electrons. The Labute approximate surface area is 157 Å². The summed E-state index contributed by atoms with van der Waals surface area (Å²) >= 11 is 0. The first kappa shape index (κ1) is 16.0. The van der Waals surface area contributed by atoms with Crippen LogP contribution in [-0.2, 0) is 17.8 Å². The van der Waals surface area contributed by atoms with E-state index in [1.54, 1.807) is 6.08 Å². The molecule has 0 fully saturated rings. The van der Waals surface area contributed by atoms with Crippen LogP contribution < -0.4 is 9.47 Å². The number of nitrogens with zero attached hydrogens (tertiary/aromatic N) is 1. The van der Waals surface area contributed by atoms with Gasteiger partial charge >= 0.3 is 0 Å². The molecular weight excluding hydrogens is 340 g/mol. The van der Waals surface area contributed by atoms with Crippen LogP contribution in [0.5, 0.6) is 11.5 Å². The second kappa shape index (κ2) is 6.50. The standard InChI is InChI=1S/C22H20N2O3/c25-22(8-6-15-5-7-20-21(13-15)27-12-11-26-20)24-10-9-19-17(14-24)16-3-1-2-4-18(16)23-19/h1-8,13,23H,9-12,14H2/b8-6+. The van der Waals surface area contributed by atoms with Crippen molar-refractivity contribution in [2.45, 2.75) is 13.0 Å². The maximum Gasteiger partial charge on any atom is 0.246 e. The Hall–Kier alpha value is -3.21. The normalized spacial score (nSPS) is 15.9. The number of rotatable bonds is 2. The fraction of sp³-hybridized carbons (Fsp3) is 0.227. The Kier molecular flexibility index (Phi) is 3.85. The summed E-state index contributed by atoms with van der Waals surface area (Å²) in [7, 11) is 0. The first-order valence-corrected chi connectivity index (χ1v) is 9.23. The van der Waals surface area contributed by atoms with Crippen LogP contribution in [0.25, 0.3) is 17.0 Å². The molecule has 0 unspecified atom stereocenters. The molecule has 2 aliphatic rings. The average Bonchev–Trinajstić information content (AvgIpc) is 3.09. The van der Waals surface area contributed by atoms with Gasteiger partial charge in [-0.15, -0.1) is 0 Å². The predicted molar refractivity (Wildman–Crippen MR) is 104 cm³/mol. The lowest BCUT2D eigenvalue weighted by Gasteiger charge is -2.26. The zero-order valence-electron chi connectivity index (χ0n) is 14.9. The lowest BCUT2D eigenvalue weighted by molar-refractivity contribution is -0.126. The zero-order valence-corrected chi connectivity index (χ0v) is 14.9. The Morgan fingerprint density at radius 3 is 2.85 bits per heavy atom. The summed E-state index contributed by atoms with van der Waals surface area (Å²) in [5.74, 6) is 1.52. The van der Waals surface area contributed by atoms with Gasteiger partial charge in [-0.25, -0.2) is 0 Å². The number of carbonyl (C=O) groups excluding carboxylic acids is 1. The van der Waals surface area contributed by atoms with Gasteiger partial charge in [-0.1, -0.05) is 24.3 Å². The SMILES string of the molecule is O=C(/C=C/c1ccc2c(c1)OCCO2)N1CCc2[nH]c3ccccc3c2C1. The van der Waals surface area contributed by atoms with Crippen molar-refractivity contribution in [3.63, 3.8) is 0 Å². The largest absolute Gasteiger partial charge is 0.486 e. The molecule has 1 aromatic heterocycles. The number of amides is 1. The minimum atomic E-state index is 0.0285. The first-order valence-electron chi connectivity index (χ1n) is 9.23. The maximum absolute atomic E-state index is 12.7. The molecule has 0 spiro atoms. The highest BCUT2D eigenvalue weighted by atomic mass is 16.6. The summed E-state index contributed by atoms with van der Waals surface area (Å²) in [5.41, 5.74) is 4.55. The molecule has 27 heavy (non-hydrogen) atoms. The Morgan fingerprint density at radius 2 is 1.93 bits per heavy atom. The number of hydrogen-bond acceptors (Lipinski definition) is 3. The van der Waals surface area contributed by atoms with Crippen molar-refractivity contribution in [1.82, 2.24) is 9.88 Å². The van der Waals surface area contributed by atoms with Crippen LogP contribution in [0, 0.1) is 0 Å². The van der Waals surface area contributed by atoms with Gasteiger partial charge in [0.15, 0.2) is 11.5 Å². The van der Waals surface area contributed by atoms with Crippen LogP contribution in [0.1, 0.15) is 16.8 Å². The Morgan fingerprint density at radius 1 is 1.07 bits per heavy atom. The number of nitrogens with one attached hydrogen (secondary N) is 1. The molecule has 1 amide bonds. The molecule has 0 atom stereocenters. The lowest BCUT2D eigenvalue weighted by atomic mass is 10.0. The molecule has 3 heterocycles. The molecular formula is C22H20N2O3. The number of aromatic amines is 1. The maximum atomic E-state index is 12.7. The second-order valence-corrected chi connectivity index (χ2v) is 6.87. The van der Waals surface area contributed by atoms with E-state index in [2.05, 4.69) is 17.1 Å². The second-order valence-electron chi connectivity index (χ2n) is 6.87. The van der Waals surface area contributed by atoms with Gasteiger partial charge in [-0.3, -0.25) is 4.79 Å². The fourth-order valence-corrected chi connectivity index (χ4v) is 3.79. The van der Waals surface area contributed by atoms with Crippen LogP contribution >= 0.6 is 0 Å². The van der Waals surface area contributed by atoms with Gasteiger partial charge in [-0.2, -0.15) is 0 Å². The van der Waals surface area contributed by atoms with Crippen molar-refractivity contribution in [2.24, 2.45) is 0 Å². The predicted octanol–water partition coefficient (Wildman–Crippen LogP) is 3.54. The van der Waals surface area contributed by atoms with Crippen molar-refractivity contribution < 1.29 is 14.3 Å². The highest BCUT2D eigenvalue weighted by Crippen LogP contribution is 2.31. The van der Waals surface area contributed by atoms with E-state index < -0.39 is 0 Å². The third-order valence-electron chi connectivity index (χ3n) is 5.18. The quantitative estimate of drug-likeness (QED) is 0.711. The van der Waals surface area contributed by atoms with Crippen molar-refractivity contribution in [3.05, 3.63) is 65.4 Å². The van der Waals surface area contributed by atoms with E-state index in [1.165, 1.54) is 16.6 Å². The lowest BCUT2D eigenvalue weighted by Crippen LogP contribution is -2.34. The van der Waals surface area contributed by atoms with E-state index in [9.17, 15) is 4.79 Å². The minimum Gasteiger partial charge on any atom is -0.486 e. The van der Waals surface area contributed by atoms with E-state index in [0.29, 0.717) is 19.8 Å². The summed E-state index contributed by atoms with van der Waals surface area (Å²) in [5, 5.41) is 1.21. The van der Waals surface area contributed by atoms with Gasteiger partial charge in [0.25, 0.3) is 0 Å². The molecule has 0 saturated carbocycles. The summed E-state index contributed by atoms with van der Waals surface area (Å²) in [6.07, 6.45) is 4.34. The molecule has 0 radical (unpaired) electrons. The fourth-order valence-electron chi connectivity index (χ4n) is 3.79. The topological polar surface area (TPSA) is 54.6 Å². The molecule has 5 rings (SSSR count). The summed E-state index contributed by atoms with van der Waals surface area (Å²) in [6, 6.07) is 14.0. The van der Waals surface area contributed by atoms with Crippen LogP contribution in [0.3, 0.4) is 0 Å². The average molecular weight is 360 g/mol. The Bertz CT molecular complexity index is 1050. The molecule has 2 aromatic carbocycles. The molecule has 5 heteroatoms. The molecule has 0 bridgehead atoms. The minimum absolute atomic E-state index is 0.0285. The summed E-state index contributed by atoms with van der Waals surface area (Å²) in [4.78, 5) is 18.1. The number of H-pyrrole nitrogens is 1. The molecule has 1 N–H and O–H groups in total. The highest BCUT2D eigenvalue weighted by Gasteiger charge is 2.22. The van der Waals surface area contributed by atoms with Crippen LogP contribution in [0.4, 0.5) is 0 Å². The van der Waals surface area contributed by atoms with Crippen molar-refractivity contribution in [1.29, 1.82) is 0 Å². The van der Waals surface area contributed by atoms with E-state index in [4.69, 9.17) is 9.47 Å². The summed E-state index contributed by atoms with van der Waals surface area (Å²) < 4.78 is 11.1. The van der Waals surface area contributed by atoms with E-state index in [0.717, 1.165) is 35.5 Å². The van der Waals surface area contributed by atoms with Crippen molar-refractivity contribution in [3.8, 4) is 11.5 Å². The van der Waals surface area contributed by atoms with Crippen molar-refractivity contribution >= 4 is 22.9 Å². The Balaban J connectivity index is 1.34. The van der Waals surface area contributed by atoms with Gasteiger partial charge in [0.2, 0.25) is 5.91 Å². The van der Waals surface area contributed by atoms with Crippen LogP contribution in [-0.4, -0.2) is 35.5 Å². The van der Waals surface area contributed by atoms with Gasteiger partial charge in [0, 0.05) is 47.7 Å². The third kappa shape index (κ3) is 2.95. The number of para-hydroxylation sites is 1. The third-order valence-corrected chi connectivity index (χ3v) is 5.18. The zero-order chi connectivity index (χ0) is 18.2. The number of hydrogen-bond donors (Lipinski definition) is 1. The highest BCUT2D eigenvalue weighted by molar-refractivity contribution is 5.93.